The number of hydrogen-bond donors (Lipinski definition) is 1. The fraction of sp³-hybridized carbons (Fsp3) is 0.167. The maximum atomic E-state index is 13.8. The number of benzene rings is 3. The van der Waals surface area contributed by atoms with Crippen LogP contribution < -0.4 is 14.9 Å². The Labute approximate surface area is 187 Å². The van der Waals surface area contributed by atoms with E-state index in [1.807, 2.05) is 0 Å². The van der Waals surface area contributed by atoms with Crippen molar-refractivity contribution in [2.24, 2.45) is 5.10 Å². The number of hydrazone groups is 1. The van der Waals surface area contributed by atoms with E-state index in [4.69, 9.17) is 9.47 Å². The van der Waals surface area contributed by atoms with E-state index in [9.17, 15) is 22.4 Å². The molecule has 33 heavy (non-hydrogen) atoms. The summed E-state index contributed by atoms with van der Waals surface area (Å²) in [4.78, 5) is 12.1. The van der Waals surface area contributed by atoms with Gasteiger partial charge in [0, 0.05) is 11.1 Å². The molecule has 3 aromatic rings. The molecule has 0 saturated heterocycles. The quantitative estimate of drug-likeness (QED) is 0.271. The molecule has 172 valence electrons. The van der Waals surface area contributed by atoms with E-state index in [0.29, 0.717) is 29.2 Å². The second kappa shape index (κ2) is 10.6. The van der Waals surface area contributed by atoms with Gasteiger partial charge in [0.05, 0.1) is 18.4 Å². The minimum Gasteiger partial charge on any atom is -0.490 e. The number of ether oxygens (including phenoxy) is 2. The predicted molar refractivity (Wildman–Crippen MR) is 115 cm³/mol. The Morgan fingerprint density at radius 3 is 2.52 bits per heavy atom. The maximum Gasteiger partial charge on any atom is 0.416 e. The van der Waals surface area contributed by atoms with Gasteiger partial charge in [-0.15, -0.1) is 0 Å². The van der Waals surface area contributed by atoms with Gasteiger partial charge in [-0.3, -0.25) is 4.79 Å². The number of nitrogens with one attached hydrogen (secondary N) is 1. The van der Waals surface area contributed by atoms with Gasteiger partial charge >= 0.3 is 6.18 Å². The summed E-state index contributed by atoms with van der Waals surface area (Å²) in [5.41, 5.74) is 2.03. The Hall–Kier alpha value is -3.88. The molecule has 3 aromatic carbocycles. The number of nitrogens with zero attached hydrogens (tertiary/aromatic N) is 1. The van der Waals surface area contributed by atoms with Crippen LogP contribution in [0.2, 0.25) is 0 Å². The lowest BCUT2D eigenvalue weighted by atomic mass is 10.1. The first kappa shape index (κ1) is 23.8. The highest BCUT2D eigenvalue weighted by molar-refractivity contribution is 5.95. The molecule has 0 heterocycles. The van der Waals surface area contributed by atoms with Crippen molar-refractivity contribution in [1.82, 2.24) is 5.43 Å². The maximum absolute atomic E-state index is 13.8. The Morgan fingerprint density at radius 2 is 1.79 bits per heavy atom. The molecule has 0 aliphatic carbocycles. The first-order valence-corrected chi connectivity index (χ1v) is 9.91. The molecule has 3 rings (SSSR count). The van der Waals surface area contributed by atoms with Crippen LogP contribution in [-0.2, 0) is 12.8 Å². The summed E-state index contributed by atoms with van der Waals surface area (Å²) in [6.07, 6.45) is -3.24. The van der Waals surface area contributed by atoms with E-state index in [-0.39, 0.29) is 18.0 Å². The minimum atomic E-state index is -4.55. The van der Waals surface area contributed by atoms with Gasteiger partial charge in [0.15, 0.2) is 11.5 Å². The van der Waals surface area contributed by atoms with E-state index in [0.717, 1.165) is 18.2 Å². The van der Waals surface area contributed by atoms with Crippen LogP contribution in [0.1, 0.15) is 34.0 Å². The van der Waals surface area contributed by atoms with Gasteiger partial charge in [0.2, 0.25) is 0 Å². The summed E-state index contributed by atoms with van der Waals surface area (Å²) < 4.78 is 63.5. The topological polar surface area (TPSA) is 59.9 Å². The summed E-state index contributed by atoms with van der Waals surface area (Å²) in [6.45, 7) is 2.15. The molecule has 0 aliphatic heterocycles. The van der Waals surface area contributed by atoms with Gasteiger partial charge in [0.25, 0.3) is 5.91 Å². The number of halogens is 4. The first-order chi connectivity index (χ1) is 15.8. The van der Waals surface area contributed by atoms with Crippen LogP contribution >= 0.6 is 0 Å². The fourth-order valence-electron chi connectivity index (χ4n) is 2.83. The van der Waals surface area contributed by atoms with Gasteiger partial charge in [-0.2, -0.15) is 18.3 Å². The summed E-state index contributed by atoms with van der Waals surface area (Å²) in [7, 11) is 0. The number of amides is 1. The zero-order valence-electron chi connectivity index (χ0n) is 17.5. The highest BCUT2D eigenvalue weighted by Gasteiger charge is 2.30. The van der Waals surface area contributed by atoms with Crippen LogP contribution in [0.5, 0.6) is 11.5 Å². The normalized spacial score (nSPS) is 11.4. The van der Waals surface area contributed by atoms with Gasteiger partial charge in [-0.05, 0) is 55.0 Å². The first-order valence-electron chi connectivity index (χ1n) is 9.91. The van der Waals surface area contributed by atoms with Gasteiger partial charge in [0.1, 0.15) is 12.4 Å². The summed E-state index contributed by atoms with van der Waals surface area (Å²) >= 11 is 0. The van der Waals surface area contributed by atoms with Crippen molar-refractivity contribution >= 4 is 12.1 Å². The SMILES string of the molecule is CCOc1cc(/C=N\NC(=O)c2cccc(C(F)(F)F)c2)ccc1OCc1ccccc1F. The van der Waals surface area contributed by atoms with Gasteiger partial charge in [-0.25, -0.2) is 9.82 Å². The molecule has 0 bridgehead atoms. The zero-order valence-corrected chi connectivity index (χ0v) is 17.5. The predicted octanol–water partition coefficient (Wildman–Crippen LogP) is 5.59. The Kier molecular flexibility index (Phi) is 7.66. The van der Waals surface area contributed by atoms with Crippen molar-refractivity contribution in [3.8, 4) is 11.5 Å². The van der Waals surface area contributed by atoms with E-state index in [1.165, 1.54) is 18.3 Å². The number of hydrogen-bond acceptors (Lipinski definition) is 4. The number of rotatable bonds is 8. The van der Waals surface area contributed by atoms with Crippen LogP contribution in [-0.4, -0.2) is 18.7 Å². The van der Waals surface area contributed by atoms with Gasteiger partial charge in [-0.1, -0.05) is 24.3 Å². The van der Waals surface area contributed by atoms with Crippen molar-refractivity contribution in [3.05, 3.63) is 94.8 Å². The van der Waals surface area contributed by atoms with Crippen molar-refractivity contribution in [3.63, 3.8) is 0 Å². The number of carbonyl (C=O) groups is 1. The number of alkyl halides is 3. The molecule has 0 saturated carbocycles. The summed E-state index contributed by atoms with van der Waals surface area (Å²) in [6, 6.07) is 15.2. The number of carbonyl (C=O) groups excluding carboxylic acids is 1. The standard InChI is InChI=1S/C24H20F4N2O3/c1-2-32-22-12-16(10-11-21(22)33-15-18-6-3-4-9-20(18)25)14-29-30-23(31)17-7-5-8-19(13-17)24(26,27)28/h3-14H,2,15H2,1H3,(H,30,31)/b29-14-. The molecule has 0 fully saturated rings. The summed E-state index contributed by atoms with van der Waals surface area (Å²) in [5, 5.41) is 3.79. The van der Waals surface area contributed by atoms with E-state index in [2.05, 4.69) is 10.5 Å². The van der Waals surface area contributed by atoms with E-state index < -0.39 is 17.6 Å². The van der Waals surface area contributed by atoms with E-state index >= 15 is 0 Å². The van der Waals surface area contributed by atoms with Crippen molar-refractivity contribution < 1.29 is 31.8 Å². The third kappa shape index (κ3) is 6.55. The third-order valence-electron chi connectivity index (χ3n) is 4.44. The molecule has 5 nitrogen and oxygen atoms in total. The lowest BCUT2D eigenvalue weighted by molar-refractivity contribution is -0.137. The van der Waals surface area contributed by atoms with E-state index in [1.54, 1.807) is 43.3 Å². The van der Waals surface area contributed by atoms with Crippen LogP contribution in [0.4, 0.5) is 17.6 Å². The Bertz CT molecular complexity index is 1150. The molecule has 1 N–H and O–H groups in total. The third-order valence-corrected chi connectivity index (χ3v) is 4.44. The largest absolute Gasteiger partial charge is 0.490 e. The molecular weight excluding hydrogens is 440 g/mol. The molecule has 1 amide bonds. The average Bonchev–Trinajstić information content (AvgIpc) is 2.79. The second-order valence-electron chi connectivity index (χ2n) is 6.80. The average molecular weight is 460 g/mol. The van der Waals surface area contributed by atoms with Crippen LogP contribution in [0.25, 0.3) is 0 Å². The smallest absolute Gasteiger partial charge is 0.416 e. The fourth-order valence-corrected chi connectivity index (χ4v) is 2.83. The van der Waals surface area contributed by atoms with Crippen LogP contribution in [0.3, 0.4) is 0 Å². The zero-order chi connectivity index (χ0) is 23.8. The molecule has 0 atom stereocenters. The van der Waals surface area contributed by atoms with Crippen LogP contribution in [0, 0.1) is 5.82 Å². The van der Waals surface area contributed by atoms with Crippen molar-refractivity contribution in [2.75, 3.05) is 6.61 Å². The highest BCUT2D eigenvalue weighted by atomic mass is 19.4. The second-order valence-corrected chi connectivity index (χ2v) is 6.80. The molecule has 0 aromatic heterocycles. The Balaban J connectivity index is 1.67. The molecule has 0 spiro atoms. The van der Waals surface area contributed by atoms with Crippen LogP contribution in [0.15, 0.2) is 71.8 Å². The Morgan fingerprint density at radius 1 is 1.00 bits per heavy atom. The minimum absolute atomic E-state index is 0.00717. The lowest BCUT2D eigenvalue weighted by Gasteiger charge is -2.13. The van der Waals surface area contributed by atoms with Gasteiger partial charge < -0.3 is 9.47 Å². The molecule has 0 aliphatic rings. The summed E-state index contributed by atoms with van der Waals surface area (Å²) in [5.74, 6) is -0.379. The van der Waals surface area contributed by atoms with Crippen molar-refractivity contribution in [2.45, 2.75) is 19.7 Å². The molecular formula is C24H20F4N2O3. The highest BCUT2D eigenvalue weighted by Crippen LogP contribution is 2.30. The molecule has 0 radical (unpaired) electrons. The lowest BCUT2D eigenvalue weighted by Crippen LogP contribution is -2.18. The van der Waals surface area contributed by atoms with Crippen molar-refractivity contribution in [1.29, 1.82) is 0 Å². The monoisotopic (exact) mass is 460 g/mol. The molecule has 0 unspecified atom stereocenters. The molecule has 9 heteroatoms.